The molecule has 4 heteroatoms. The van der Waals surface area contributed by atoms with E-state index in [9.17, 15) is 0 Å². The minimum atomic E-state index is 0.791. The van der Waals surface area contributed by atoms with E-state index in [0.717, 1.165) is 27.4 Å². The van der Waals surface area contributed by atoms with Gasteiger partial charge in [0, 0.05) is 21.2 Å². The molecular formula is C12H13BrN2S. The van der Waals surface area contributed by atoms with Crippen LogP contribution in [0.2, 0.25) is 0 Å². The molecule has 2 aromatic rings. The first-order chi connectivity index (χ1) is 7.65. The van der Waals surface area contributed by atoms with E-state index in [-0.39, 0.29) is 0 Å². The highest BCUT2D eigenvalue weighted by Crippen LogP contribution is 2.20. The molecule has 0 unspecified atom stereocenters. The van der Waals surface area contributed by atoms with Crippen molar-refractivity contribution in [2.45, 2.75) is 20.4 Å². The Bertz CT molecular complexity index is 494. The fourth-order valence-corrected chi connectivity index (χ4v) is 2.37. The zero-order chi connectivity index (χ0) is 11.5. The number of nitrogens with one attached hydrogen (secondary N) is 1. The monoisotopic (exact) mass is 296 g/mol. The van der Waals surface area contributed by atoms with Crippen molar-refractivity contribution < 1.29 is 0 Å². The summed E-state index contributed by atoms with van der Waals surface area (Å²) in [5.74, 6) is 0. The molecule has 0 amide bonds. The topological polar surface area (TPSA) is 24.9 Å². The summed E-state index contributed by atoms with van der Waals surface area (Å²) in [6.07, 6.45) is 0. The summed E-state index contributed by atoms with van der Waals surface area (Å²) >= 11 is 5.18. The van der Waals surface area contributed by atoms with Crippen LogP contribution in [-0.4, -0.2) is 4.98 Å². The molecule has 0 aliphatic rings. The van der Waals surface area contributed by atoms with Crippen molar-refractivity contribution in [3.05, 3.63) is 44.3 Å². The molecule has 1 heterocycles. The van der Waals surface area contributed by atoms with Crippen LogP contribution in [0.3, 0.4) is 0 Å². The summed E-state index contributed by atoms with van der Waals surface area (Å²) < 4.78 is 1.14. The van der Waals surface area contributed by atoms with Gasteiger partial charge in [-0.3, -0.25) is 0 Å². The van der Waals surface area contributed by atoms with Crippen LogP contribution in [0.15, 0.2) is 28.1 Å². The van der Waals surface area contributed by atoms with Gasteiger partial charge in [0.15, 0.2) is 0 Å². The average molecular weight is 297 g/mol. The predicted octanol–water partition coefficient (Wildman–Crippen LogP) is 4.13. The number of anilines is 1. The highest BCUT2D eigenvalue weighted by molar-refractivity contribution is 9.10. The summed E-state index contributed by atoms with van der Waals surface area (Å²) in [4.78, 5) is 4.41. The number of aryl methyl sites for hydroxylation is 2. The second-order valence-corrected chi connectivity index (χ2v) is 5.50. The molecule has 0 aliphatic carbocycles. The minimum Gasteiger partial charge on any atom is -0.379 e. The zero-order valence-corrected chi connectivity index (χ0v) is 11.7. The van der Waals surface area contributed by atoms with Crippen LogP contribution in [0, 0.1) is 13.8 Å². The first kappa shape index (κ1) is 11.6. The van der Waals surface area contributed by atoms with Gasteiger partial charge in [-0.15, -0.1) is 11.3 Å². The van der Waals surface area contributed by atoms with Gasteiger partial charge in [-0.1, -0.05) is 15.9 Å². The molecule has 0 spiro atoms. The van der Waals surface area contributed by atoms with Crippen LogP contribution in [0.4, 0.5) is 5.69 Å². The standard InChI is InChI=1S/C12H13BrN2S/c1-8-5-10(3-4-11(8)13)14-6-12-15-9(2)7-16-12/h3-5,7,14H,6H2,1-2H3. The second-order valence-electron chi connectivity index (χ2n) is 3.70. The van der Waals surface area contributed by atoms with Gasteiger partial charge < -0.3 is 5.32 Å². The second kappa shape index (κ2) is 4.97. The summed E-state index contributed by atoms with van der Waals surface area (Å²) in [7, 11) is 0. The Hall–Kier alpha value is -0.870. The predicted molar refractivity (Wildman–Crippen MR) is 73.1 cm³/mol. The third-order valence-corrected chi connectivity index (χ3v) is 4.12. The van der Waals surface area contributed by atoms with Crippen molar-refractivity contribution in [2.75, 3.05) is 5.32 Å². The molecular weight excluding hydrogens is 284 g/mol. The molecule has 1 aromatic carbocycles. The quantitative estimate of drug-likeness (QED) is 0.921. The van der Waals surface area contributed by atoms with E-state index in [1.54, 1.807) is 11.3 Å². The molecule has 1 N–H and O–H groups in total. The first-order valence-electron chi connectivity index (χ1n) is 5.06. The maximum Gasteiger partial charge on any atom is 0.112 e. The van der Waals surface area contributed by atoms with Crippen LogP contribution >= 0.6 is 27.3 Å². The fraction of sp³-hybridized carbons (Fsp3) is 0.250. The van der Waals surface area contributed by atoms with E-state index >= 15 is 0 Å². The molecule has 0 bridgehead atoms. The average Bonchev–Trinajstić information content (AvgIpc) is 2.66. The number of rotatable bonds is 3. The Morgan fingerprint density at radius 1 is 1.38 bits per heavy atom. The Morgan fingerprint density at radius 2 is 2.19 bits per heavy atom. The lowest BCUT2D eigenvalue weighted by molar-refractivity contribution is 1.07. The van der Waals surface area contributed by atoms with Crippen molar-refractivity contribution in [3.8, 4) is 0 Å². The molecule has 0 atom stereocenters. The lowest BCUT2D eigenvalue weighted by Crippen LogP contribution is -1.99. The molecule has 2 rings (SSSR count). The number of benzene rings is 1. The smallest absolute Gasteiger partial charge is 0.112 e. The zero-order valence-electron chi connectivity index (χ0n) is 9.25. The Morgan fingerprint density at radius 3 is 2.81 bits per heavy atom. The number of nitrogens with zero attached hydrogens (tertiary/aromatic N) is 1. The first-order valence-corrected chi connectivity index (χ1v) is 6.73. The van der Waals surface area contributed by atoms with Crippen LogP contribution in [0.5, 0.6) is 0 Å². The summed E-state index contributed by atoms with van der Waals surface area (Å²) in [6, 6.07) is 6.26. The van der Waals surface area contributed by atoms with Gasteiger partial charge in [0.2, 0.25) is 0 Å². The summed E-state index contributed by atoms with van der Waals surface area (Å²) in [5, 5.41) is 6.57. The van der Waals surface area contributed by atoms with Crippen molar-refractivity contribution >= 4 is 33.0 Å². The maximum absolute atomic E-state index is 4.41. The van der Waals surface area contributed by atoms with E-state index in [2.05, 4.69) is 56.7 Å². The van der Waals surface area contributed by atoms with Crippen LogP contribution in [-0.2, 0) is 6.54 Å². The number of halogens is 1. The van der Waals surface area contributed by atoms with E-state index in [4.69, 9.17) is 0 Å². The van der Waals surface area contributed by atoms with Crippen molar-refractivity contribution in [1.82, 2.24) is 4.98 Å². The number of hydrogen-bond donors (Lipinski definition) is 1. The molecule has 0 radical (unpaired) electrons. The van der Waals surface area contributed by atoms with Gasteiger partial charge in [0.05, 0.1) is 6.54 Å². The summed E-state index contributed by atoms with van der Waals surface area (Å²) in [5.41, 5.74) is 3.46. The van der Waals surface area contributed by atoms with E-state index in [1.165, 1.54) is 5.56 Å². The van der Waals surface area contributed by atoms with Gasteiger partial charge in [-0.25, -0.2) is 4.98 Å². The third-order valence-electron chi connectivity index (χ3n) is 2.27. The van der Waals surface area contributed by atoms with Crippen molar-refractivity contribution in [1.29, 1.82) is 0 Å². The maximum atomic E-state index is 4.41. The van der Waals surface area contributed by atoms with E-state index in [0.29, 0.717) is 0 Å². The molecule has 1 aromatic heterocycles. The summed E-state index contributed by atoms with van der Waals surface area (Å²) in [6.45, 7) is 4.90. The number of hydrogen-bond acceptors (Lipinski definition) is 3. The molecule has 0 fully saturated rings. The third kappa shape index (κ3) is 2.83. The molecule has 0 aliphatic heterocycles. The van der Waals surface area contributed by atoms with Crippen LogP contribution in [0.25, 0.3) is 0 Å². The molecule has 84 valence electrons. The fourth-order valence-electron chi connectivity index (χ4n) is 1.42. The highest BCUT2D eigenvalue weighted by atomic mass is 79.9. The number of aromatic nitrogens is 1. The largest absolute Gasteiger partial charge is 0.379 e. The van der Waals surface area contributed by atoms with E-state index in [1.807, 2.05) is 6.92 Å². The highest BCUT2D eigenvalue weighted by Gasteiger charge is 2.00. The molecule has 0 saturated heterocycles. The van der Waals surface area contributed by atoms with Gasteiger partial charge >= 0.3 is 0 Å². The van der Waals surface area contributed by atoms with Crippen LogP contribution < -0.4 is 5.32 Å². The van der Waals surface area contributed by atoms with Crippen LogP contribution in [0.1, 0.15) is 16.3 Å². The molecule has 16 heavy (non-hydrogen) atoms. The SMILES string of the molecule is Cc1csc(CNc2ccc(Br)c(C)c2)n1. The van der Waals surface area contributed by atoms with Crippen molar-refractivity contribution in [2.24, 2.45) is 0 Å². The Kier molecular flexibility index (Phi) is 3.61. The van der Waals surface area contributed by atoms with E-state index < -0.39 is 0 Å². The minimum absolute atomic E-state index is 0.791. The van der Waals surface area contributed by atoms with Gasteiger partial charge in [-0.05, 0) is 37.6 Å². The van der Waals surface area contributed by atoms with Crippen molar-refractivity contribution in [3.63, 3.8) is 0 Å². The lowest BCUT2D eigenvalue weighted by Gasteiger charge is -2.06. The van der Waals surface area contributed by atoms with Gasteiger partial charge in [-0.2, -0.15) is 0 Å². The van der Waals surface area contributed by atoms with Gasteiger partial charge in [0.1, 0.15) is 5.01 Å². The Labute approximate surface area is 108 Å². The van der Waals surface area contributed by atoms with Gasteiger partial charge in [0.25, 0.3) is 0 Å². The Balaban J connectivity index is 2.02. The molecule has 0 saturated carbocycles. The normalized spacial score (nSPS) is 10.4. The lowest BCUT2D eigenvalue weighted by atomic mass is 10.2. The molecule has 2 nitrogen and oxygen atoms in total. The number of thiazole rings is 1.